The first kappa shape index (κ1) is 103. The Bertz CT molecular complexity index is 2660. The molecule has 19 heteroatoms. The summed E-state index contributed by atoms with van der Waals surface area (Å²) in [7, 11) is -10.00. The molecule has 0 rings (SSSR count). The van der Waals surface area contributed by atoms with Gasteiger partial charge < -0.3 is 33.8 Å². The lowest BCUT2D eigenvalue weighted by molar-refractivity contribution is -0.161. The zero-order chi connectivity index (χ0) is 78.9. The number of unbranched alkanes of at least 4 members (excludes halogenated alkanes) is 25. The Morgan fingerprint density at radius 2 is 0.491 bits per heavy atom. The molecule has 5 unspecified atom stereocenters. The zero-order valence-electron chi connectivity index (χ0n) is 67.5. The molecule has 0 bridgehead atoms. The van der Waals surface area contributed by atoms with Crippen molar-refractivity contribution in [3.05, 3.63) is 158 Å². The first-order valence-corrected chi connectivity index (χ1v) is 44.7. The summed E-state index contributed by atoms with van der Waals surface area (Å²) >= 11 is 0. The third-order valence-electron chi connectivity index (χ3n) is 17.0. The van der Waals surface area contributed by atoms with E-state index in [1.54, 1.807) is 0 Å². The lowest BCUT2D eigenvalue weighted by Crippen LogP contribution is -2.30. The number of carbonyl (C=O) groups excluding carboxylic acids is 4. The summed E-state index contributed by atoms with van der Waals surface area (Å²) in [5.74, 6) is -2.27. The van der Waals surface area contributed by atoms with Crippen molar-refractivity contribution < 1.29 is 80.2 Å². The van der Waals surface area contributed by atoms with Crippen LogP contribution in [0, 0.1) is 0 Å². The quantitative estimate of drug-likeness (QED) is 0.0169. The number of allylic oxidation sites excluding steroid dienone is 26. The Labute approximate surface area is 655 Å². The molecule has 616 valence electrons. The number of rotatable bonds is 77. The van der Waals surface area contributed by atoms with Crippen LogP contribution in [0.5, 0.6) is 0 Å². The summed E-state index contributed by atoms with van der Waals surface area (Å²) < 4.78 is 68.7. The fourth-order valence-electron chi connectivity index (χ4n) is 10.8. The molecular formula is C89H148O17P2. The van der Waals surface area contributed by atoms with E-state index >= 15 is 0 Å². The van der Waals surface area contributed by atoms with E-state index in [-0.39, 0.29) is 25.7 Å². The molecule has 108 heavy (non-hydrogen) atoms. The largest absolute Gasteiger partial charge is 0.472 e. The number of carbonyl (C=O) groups is 4. The molecule has 0 saturated heterocycles. The highest BCUT2D eigenvalue weighted by atomic mass is 31.2. The second kappa shape index (κ2) is 79.8. The molecule has 0 aromatic heterocycles. The Morgan fingerprint density at radius 1 is 0.269 bits per heavy atom. The maximum absolute atomic E-state index is 13.1. The number of hydrogen-bond acceptors (Lipinski definition) is 15. The SMILES string of the molecule is CC/C=C\C/C=C\C/C=C\C/C=C\C/C=C\CCCC(=O)OC(COC(=O)CCCCCCCC/C=C\C/C=C\C/C=C\C/C=C\CC)COP(=O)(O)OCC(O)COP(=O)(O)OCC(COC(=O)CCCCCCCC/C=C\C/C=C\C/C=C\C/C=C\CC)OC(=O)CCCCCCCCCCCCCCC. The Morgan fingerprint density at radius 3 is 0.778 bits per heavy atom. The van der Waals surface area contributed by atoms with Crippen molar-refractivity contribution in [3.63, 3.8) is 0 Å². The molecule has 0 fully saturated rings. The summed E-state index contributed by atoms with van der Waals surface area (Å²) in [5.41, 5.74) is 0. The molecule has 0 aromatic rings. The topological polar surface area (TPSA) is 237 Å². The summed E-state index contributed by atoms with van der Waals surface area (Å²) in [5, 5.41) is 10.7. The van der Waals surface area contributed by atoms with Gasteiger partial charge in [0.1, 0.15) is 19.3 Å². The smallest absolute Gasteiger partial charge is 0.462 e. The van der Waals surface area contributed by atoms with Gasteiger partial charge in [0, 0.05) is 25.7 Å². The number of phosphoric acid groups is 2. The third-order valence-corrected chi connectivity index (χ3v) is 18.9. The Balaban J connectivity index is 5.43. The molecule has 0 aliphatic heterocycles. The first-order chi connectivity index (χ1) is 52.7. The Hall–Kier alpha value is -5.32. The fourth-order valence-corrected chi connectivity index (χ4v) is 12.3. The van der Waals surface area contributed by atoms with Crippen LogP contribution in [0.1, 0.15) is 323 Å². The molecule has 0 aromatic carbocycles. The number of esters is 4. The summed E-state index contributed by atoms with van der Waals surface area (Å²) in [4.78, 5) is 73.2. The van der Waals surface area contributed by atoms with E-state index in [0.717, 1.165) is 186 Å². The summed E-state index contributed by atoms with van der Waals surface area (Å²) in [6.07, 6.45) is 93.6. The Kier molecular flexibility index (Phi) is 75.8. The molecule has 0 saturated carbocycles. The molecule has 17 nitrogen and oxygen atoms in total. The summed E-state index contributed by atoms with van der Waals surface area (Å²) in [6, 6.07) is 0. The summed E-state index contributed by atoms with van der Waals surface area (Å²) in [6.45, 7) is 4.46. The molecule has 0 amide bonds. The number of ether oxygens (including phenoxy) is 4. The van der Waals surface area contributed by atoms with E-state index in [1.807, 2.05) is 12.2 Å². The maximum atomic E-state index is 13.1. The van der Waals surface area contributed by atoms with Gasteiger partial charge in [0.15, 0.2) is 12.2 Å². The van der Waals surface area contributed by atoms with E-state index in [1.165, 1.54) is 51.4 Å². The van der Waals surface area contributed by atoms with Gasteiger partial charge in [-0.1, -0.05) is 314 Å². The van der Waals surface area contributed by atoms with Crippen LogP contribution in [0.3, 0.4) is 0 Å². The highest BCUT2D eigenvalue weighted by molar-refractivity contribution is 7.47. The average Bonchev–Trinajstić information content (AvgIpc) is 0.905. The minimum Gasteiger partial charge on any atom is -0.462 e. The molecule has 0 heterocycles. The van der Waals surface area contributed by atoms with Crippen molar-refractivity contribution in [3.8, 4) is 0 Å². The highest BCUT2D eigenvalue weighted by Gasteiger charge is 2.30. The number of hydrogen-bond donors (Lipinski definition) is 3. The molecule has 0 aliphatic carbocycles. The molecule has 0 radical (unpaired) electrons. The van der Waals surface area contributed by atoms with Crippen molar-refractivity contribution in [2.24, 2.45) is 0 Å². The van der Waals surface area contributed by atoms with E-state index < -0.39 is 97.5 Å². The zero-order valence-corrected chi connectivity index (χ0v) is 69.3. The van der Waals surface area contributed by atoms with Crippen molar-refractivity contribution in [1.29, 1.82) is 0 Å². The van der Waals surface area contributed by atoms with Gasteiger partial charge in [0.25, 0.3) is 0 Å². The van der Waals surface area contributed by atoms with E-state index in [9.17, 15) is 43.2 Å². The van der Waals surface area contributed by atoms with Crippen LogP contribution < -0.4 is 0 Å². The lowest BCUT2D eigenvalue weighted by atomic mass is 10.0. The van der Waals surface area contributed by atoms with Gasteiger partial charge >= 0.3 is 39.5 Å². The molecule has 3 N–H and O–H groups in total. The predicted molar refractivity (Wildman–Crippen MR) is 445 cm³/mol. The molecule has 5 atom stereocenters. The lowest BCUT2D eigenvalue weighted by Gasteiger charge is -2.21. The minimum absolute atomic E-state index is 0.00869. The van der Waals surface area contributed by atoms with Crippen LogP contribution >= 0.6 is 15.6 Å². The van der Waals surface area contributed by atoms with Gasteiger partial charge in [0.05, 0.1) is 26.4 Å². The third kappa shape index (κ3) is 78.8. The monoisotopic (exact) mass is 1550 g/mol. The number of aliphatic hydroxyl groups is 1. The second-order valence-electron chi connectivity index (χ2n) is 27.3. The fraction of sp³-hybridized carbons (Fsp3) is 0.663. The standard InChI is InChI=1S/C89H148O17P2/c1-5-9-13-17-21-25-29-33-36-39-41-44-46-50-53-57-61-65-69-73-86(91)99-79-84(105-88(93)75-71-67-63-59-55-49-32-28-24-20-16-12-8-4)81-103-107(95,96)101-77-83(90)78-102-108(97,98)104-82-85(106-89(94)76-72-68-64-60-56-52-48-43-38-35-31-27-23-19-15-11-7-3)80-100-87(92)74-70-66-62-58-54-51-47-45-42-40-37-34-30-26-22-18-14-10-6-2/h9-11,13-15,21-23,25-27,33-38,41-42,44-45,48,52,60,64,83-85,90H,5-8,12,16-20,24,28-32,39-40,43,46-47,49-51,53-59,61-63,65-82H2,1-4H3,(H,95,96)(H,97,98)/b13-9-,14-10-,15-11-,25-21-,26-22-,27-23-,36-33-,37-34-,38-35-,44-41-,45-42-,52-48-,64-60-. The van der Waals surface area contributed by atoms with E-state index in [2.05, 4.69) is 174 Å². The normalized spacial score (nSPS) is 14.6. The predicted octanol–water partition coefficient (Wildman–Crippen LogP) is 24.8. The van der Waals surface area contributed by atoms with Crippen LogP contribution in [-0.4, -0.2) is 96.7 Å². The van der Waals surface area contributed by atoms with Crippen LogP contribution in [0.25, 0.3) is 0 Å². The van der Waals surface area contributed by atoms with E-state index in [4.69, 9.17) is 37.0 Å². The van der Waals surface area contributed by atoms with Gasteiger partial charge in [0.2, 0.25) is 0 Å². The van der Waals surface area contributed by atoms with Crippen molar-refractivity contribution in [2.45, 2.75) is 341 Å². The van der Waals surface area contributed by atoms with Gasteiger partial charge in [-0.25, -0.2) is 9.13 Å². The molecule has 0 spiro atoms. The van der Waals surface area contributed by atoms with Crippen LogP contribution in [-0.2, 0) is 65.4 Å². The van der Waals surface area contributed by atoms with Crippen molar-refractivity contribution in [2.75, 3.05) is 39.6 Å². The maximum Gasteiger partial charge on any atom is 0.472 e. The minimum atomic E-state index is -5.00. The van der Waals surface area contributed by atoms with Gasteiger partial charge in [-0.15, -0.1) is 0 Å². The highest BCUT2D eigenvalue weighted by Crippen LogP contribution is 2.45. The molecular weight excluding hydrogens is 1400 g/mol. The van der Waals surface area contributed by atoms with Crippen LogP contribution in [0.4, 0.5) is 0 Å². The van der Waals surface area contributed by atoms with Crippen molar-refractivity contribution >= 4 is 39.5 Å². The average molecular weight is 1550 g/mol. The van der Waals surface area contributed by atoms with Crippen LogP contribution in [0.2, 0.25) is 0 Å². The van der Waals surface area contributed by atoms with Crippen molar-refractivity contribution in [1.82, 2.24) is 0 Å². The number of phosphoric ester groups is 2. The van der Waals surface area contributed by atoms with E-state index in [0.29, 0.717) is 32.1 Å². The first-order valence-electron chi connectivity index (χ1n) is 41.7. The van der Waals surface area contributed by atoms with Crippen LogP contribution in [0.15, 0.2) is 158 Å². The van der Waals surface area contributed by atoms with Gasteiger partial charge in [-0.05, 0) is 141 Å². The number of aliphatic hydroxyl groups excluding tert-OH is 1. The van der Waals surface area contributed by atoms with Gasteiger partial charge in [-0.2, -0.15) is 0 Å². The van der Waals surface area contributed by atoms with Gasteiger partial charge in [-0.3, -0.25) is 37.3 Å². The molecule has 0 aliphatic rings. The second-order valence-corrected chi connectivity index (χ2v) is 30.2.